The van der Waals surface area contributed by atoms with E-state index in [0.29, 0.717) is 13.0 Å². The van der Waals surface area contributed by atoms with Crippen LogP contribution in [-0.4, -0.2) is 47.3 Å². The maximum Gasteiger partial charge on any atom is 0.171 e. The fourth-order valence-electron chi connectivity index (χ4n) is 4.04. The van der Waals surface area contributed by atoms with Crippen molar-refractivity contribution >= 4 is 34.5 Å². The van der Waals surface area contributed by atoms with Crippen LogP contribution in [0.15, 0.2) is 107 Å². The standard InChI is InChI=1S/C27H34N4OS.C5H8O.C3H4/c1-7-13-21(8-2)18-31-26(32)25(33-27(31)29-20(5)19(4)28-9-3)24-17-12-15-22-14-10-11-16-23(22)30(24)6;1-3-4-5(2)6;1-3-2/h7-8,10-16,26,28,32H,1-2,9,17-18H2,3-6H3;3H,1,4H2,2H3;1H,2H3/b20-19-,21-13+,25-24-,29-27?;;. The number of nitrogens with zero attached hydrogens (tertiary/aromatic N) is 3. The summed E-state index contributed by atoms with van der Waals surface area (Å²) < 4.78 is 0. The van der Waals surface area contributed by atoms with Gasteiger partial charge in [0.2, 0.25) is 0 Å². The van der Waals surface area contributed by atoms with E-state index in [1.165, 1.54) is 17.3 Å². The molecule has 7 heteroatoms. The first-order chi connectivity index (χ1) is 20.1. The van der Waals surface area contributed by atoms with Crippen molar-refractivity contribution in [2.75, 3.05) is 25.0 Å². The van der Waals surface area contributed by atoms with E-state index < -0.39 is 6.23 Å². The van der Waals surface area contributed by atoms with Gasteiger partial charge in [-0.3, -0.25) is 4.79 Å². The highest BCUT2D eigenvalue weighted by atomic mass is 32.2. The van der Waals surface area contributed by atoms with Gasteiger partial charge in [-0.1, -0.05) is 67.8 Å². The number of aliphatic hydroxyl groups is 1. The van der Waals surface area contributed by atoms with Crippen LogP contribution >= 0.6 is 11.8 Å². The first-order valence-corrected chi connectivity index (χ1v) is 14.7. The maximum atomic E-state index is 11.5. The number of allylic oxidation sites excluding steroid dienone is 6. The first kappa shape index (κ1) is 36.0. The monoisotopic (exact) mass is 586 g/mol. The van der Waals surface area contributed by atoms with Crippen LogP contribution < -0.4 is 10.2 Å². The zero-order valence-corrected chi connectivity index (χ0v) is 26.8. The Kier molecular flexibility index (Phi) is 16.5. The molecular weight excluding hydrogens is 540 g/mol. The number of anilines is 1. The predicted molar refractivity (Wildman–Crippen MR) is 184 cm³/mol. The second-order valence-corrected chi connectivity index (χ2v) is 10.4. The number of aliphatic hydroxyl groups excluding tert-OH is 1. The lowest BCUT2D eigenvalue weighted by Crippen LogP contribution is -2.35. The number of thioether (sulfide) groups is 1. The minimum atomic E-state index is -0.801. The van der Waals surface area contributed by atoms with Gasteiger partial charge in [0.15, 0.2) is 11.4 Å². The van der Waals surface area contributed by atoms with Crippen molar-refractivity contribution in [2.24, 2.45) is 4.99 Å². The average molecular weight is 587 g/mol. The highest BCUT2D eigenvalue weighted by Crippen LogP contribution is 2.41. The fraction of sp³-hybridized carbons (Fsp3) is 0.314. The van der Waals surface area contributed by atoms with Gasteiger partial charge in [0, 0.05) is 50.1 Å². The van der Waals surface area contributed by atoms with Gasteiger partial charge in [-0.15, -0.1) is 18.9 Å². The van der Waals surface area contributed by atoms with E-state index in [4.69, 9.17) is 4.99 Å². The molecule has 0 aliphatic carbocycles. The van der Waals surface area contributed by atoms with E-state index >= 15 is 0 Å². The first-order valence-electron chi connectivity index (χ1n) is 13.9. The summed E-state index contributed by atoms with van der Waals surface area (Å²) in [7, 11) is 2.06. The summed E-state index contributed by atoms with van der Waals surface area (Å²) in [6, 6.07) is 8.31. The molecule has 2 heterocycles. The molecular formula is C35H46N4O2S. The highest BCUT2D eigenvalue weighted by Gasteiger charge is 2.37. The van der Waals surface area contributed by atoms with Crippen molar-refractivity contribution in [3.8, 4) is 12.3 Å². The molecule has 3 rings (SSSR count). The summed E-state index contributed by atoms with van der Waals surface area (Å²) in [5, 5.41) is 15.6. The Labute approximate surface area is 257 Å². The zero-order valence-electron chi connectivity index (χ0n) is 26.0. The molecule has 0 aromatic heterocycles. The molecule has 1 fully saturated rings. The van der Waals surface area contributed by atoms with Crippen molar-refractivity contribution in [1.82, 2.24) is 10.2 Å². The van der Waals surface area contributed by atoms with Gasteiger partial charge in [-0.25, -0.2) is 4.99 Å². The Hall–Kier alpha value is -3.99. The smallest absolute Gasteiger partial charge is 0.171 e. The molecule has 1 saturated heterocycles. The van der Waals surface area contributed by atoms with Crippen LogP contribution in [0.25, 0.3) is 6.08 Å². The maximum absolute atomic E-state index is 11.5. The third kappa shape index (κ3) is 10.8. The van der Waals surface area contributed by atoms with Crippen LogP contribution in [0.5, 0.6) is 0 Å². The Morgan fingerprint density at radius 1 is 1.26 bits per heavy atom. The summed E-state index contributed by atoms with van der Waals surface area (Å²) in [6.45, 7) is 21.7. The second kappa shape index (κ2) is 19.2. The van der Waals surface area contributed by atoms with E-state index in [9.17, 15) is 9.90 Å². The predicted octanol–water partition coefficient (Wildman–Crippen LogP) is 7.42. The number of Topliss-reactive ketones (excluding diaryl/α,β-unsaturated/α-hetero) is 1. The third-order valence-corrected chi connectivity index (χ3v) is 7.37. The molecule has 1 aromatic carbocycles. The van der Waals surface area contributed by atoms with E-state index in [2.05, 4.69) is 80.6 Å². The number of benzene rings is 1. The molecule has 0 spiro atoms. The summed E-state index contributed by atoms with van der Waals surface area (Å²) >= 11 is 1.54. The van der Waals surface area contributed by atoms with Gasteiger partial charge in [-0.2, -0.15) is 0 Å². The molecule has 2 N–H and O–H groups in total. The van der Waals surface area contributed by atoms with Gasteiger partial charge >= 0.3 is 0 Å². The number of fused-ring (bicyclic) bond motifs is 1. The minimum Gasteiger partial charge on any atom is -0.387 e. The summed E-state index contributed by atoms with van der Waals surface area (Å²) in [5.41, 5.74) is 6.25. The van der Waals surface area contributed by atoms with E-state index in [1.54, 1.807) is 32.1 Å². The van der Waals surface area contributed by atoms with Crippen molar-refractivity contribution in [3.05, 3.63) is 108 Å². The largest absolute Gasteiger partial charge is 0.387 e. The third-order valence-electron chi connectivity index (χ3n) is 6.20. The number of rotatable bonds is 9. The lowest BCUT2D eigenvalue weighted by atomic mass is 10.1. The number of para-hydroxylation sites is 1. The molecule has 42 heavy (non-hydrogen) atoms. The number of hydrogen-bond acceptors (Lipinski definition) is 6. The number of amidine groups is 1. The van der Waals surface area contributed by atoms with Gasteiger partial charge in [0.1, 0.15) is 5.78 Å². The summed E-state index contributed by atoms with van der Waals surface area (Å²) in [4.78, 5) is 19.9. The number of ketones is 1. The Bertz CT molecular complexity index is 1310. The van der Waals surface area contributed by atoms with Crippen LogP contribution in [0.2, 0.25) is 0 Å². The van der Waals surface area contributed by atoms with Crippen LogP contribution in [-0.2, 0) is 4.79 Å². The Balaban J connectivity index is 0.000000857. The molecule has 0 bridgehead atoms. The molecule has 6 nitrogen and oxygen atoms in total. The number of nitrogens with one attached hydrogen (secondary N) is 1. The number of terminal acetylenes is 1. The molecule has 1 aromatic rings. The lowest BCUT2D eigenvalue weighted by Gasteiger charge is -2.26. The van der Waals surface area contributed by atoms with Gasteiger partial charge < -0.3 is 20.2 Å². The lowest BCUT2D eigenvalue weighted by molar-refractivity contribution is -0.116. The molecule has 2 aliphatic rings. The fourth-order valence-corrected chi connectivity index (χ4v) is 5.27. The number of carbonyl (C=O) groups is 1. The van der Waals surface area contributed by atoms with Crippen LogP contribution in [0.1, 0.15) is 53.0 Å². The number of hydrogen-bond donors (Lipinski definition) is 2. The highest BCUT2D eigenvalue weighted by molar-refractivity contribution is 8.17. The van der Waals surface area contributed by atoms with Crippen LogP contribution in [0.3, 0.4) is 0 Å². The summed E-state index contributed by atoms with van der Waals surface area (Å²) in [6.07, 6.45) is 16.4. The molecule has 2 aliphatic heterocycles. The molecule has 224 valence electrons. The minimum absolute atomic E-state index is 0.171. The van der Waals surface area contributed by atoms with E-state index in [1.807, 2.05) is 37.0 Å². The van der Waals surface area contributed by atoms with E-state index in [-0.39, 0.29) is 5.78 Å². The van der Waals surface area contributed by atoms with Crippen molar-refractivity contribution in [2.45, 2.75) is 53.7 Å². The SMILES string of the molecule is C#CC.C=C/C=C(\C=C)CN1C(=N/C(C)=C(/C)NCC)S/C(=C2/CC=Cc3ccccc3N2C)C1O.C=CCC(C)=O. The molecule has 0 saturated carbocycles. The van der Waals surface area contributed by atoms with Crippen LogP contribution in [0, 0.1) is 12.3 Å². The second-order valence-electron chi connectivity index (χ2n) is 9.44. The van der Waals surface area contributed by atoms with E-state index in [0.717, 1.165) is 51.4 Å². The van der Waals surface area contributed by atoms with Crippen LogP contribution in [0.4, 0.5) is 5.69 Å². The van der Waals surface area contributed by atoms with Gasteiger partial charge in [-0.05, 0) is 63.6 Å². The topological polar surface area (TPSA) is 68.2 Å². The zero-order chi connectivity index (χ0) is 31.7. The molecule has 0 amide bonds. The van der Waals surface area contributed by atoms with Crippen molar-refractivity contribution in [3.63, 3.8) is 0 Å². The average Bonchev–Trinajstić information content (AvgIpc) is 3.14. The molecule has 1 atom stereocenters. The normalized spacial score (nSPS) is 19.1. The Morgan fingerprint density at radius 3 is 2.48 bits per heavy atom. The number of carbonyl (C=O) groups excluding carboxylic acids is 1. The summed E-state index contributed by atoms with van der Waals surface area (Å²) in [5.74, 6) is 2.42. The van der Waals surface area contributed by atoms with Crippen molar-refractivity contribution in [1.29, 1.82) is 0 Å². The Morgan fingerprint density at radius 2 is 1.93 bits per heavy atom. The molecule has 1 unspecified atom stereocenters. The van der Waals surface area contributed by atoms with Crippen molar-refractivity contribution < 1.29 is 9.90 Å². The number of aliphatic imine (C=N–C) groups is 1. The quantitative estimate of drug-likeness (QED) is 0.178. The van der Waals surface area contributed by atoms with Gasteiger partial charge in [0.25, 0.3) is 0 Å². The van der Waals surface area contributed by atoms with Gasteiger partial charge in [0.05, 0.1) is 10.6 Å². The molecule has 0 radical (unpaired) electrons.